The number of aldehydes is 1. The number of benzene rings is 3. The lowest BCUT2D eigenvalue weighted by atomic mass is 9.58. The van der Waals surface area contributed by atoms with E-state index in [1.807, 2.05) is 43.3 Å². The highest BCUT2D eigenvalue weighted by Crippen LogP contribution is 2.53. The number of nitrogens with two attached hydrogens (primary N) is 1. The summed E-state index contributed by atoms with van der Waals surface area (Å²) >= 11 is 12.5. The molecule has 34 heavy (non-hydrogen) atoms. The van der Waals surface area contributed by atoms with Crippen LogP contribution in [0, 0.1) is 0 Å². The van der Waals surface area contributed by atoms with Crippen LogP contribution in [0.15, 0.2) is 72.8 Å². The minimum atomic E-state index is -1.24. The summed E-state index contributed by atoms with van der Waals surface area (Å²) in [6, 6.07) is 19.8. The molecule has 4 nitrogen and oxygen atoms in total. The lowest BCUT2D eigenvalue weighted by Crippen LogP contribution is -2.41. The van der Waals surface area contributed by atoms with Crippen molar-refractivity contribution in [2.24, 2.45) is 0 Å². The van der Waals surface area contributed by atoms with Gasteiger partial charge in [0.2, 0.25) is 0 Å². The van der Waals surface area contributed by atoms with Gasteiger partial charge in [-0.1, -0.05) is 60.5 Å². The number of carbonyl (C=O) groups excluding carboxylic acids is 2. The molecule has 174 valence electrons. The van der Waals surface area contributed by atoms with Gasteiger partial charge in [-0.25, -0.2) is 0 Å². The quantitative estimate of drug-likeness (QED) is 0.295. The third-order valence-corrected chi connectivity index (χ3v) is 6.69. The Kier molecular flexibility index (Phi) is 7.11. The van der Waals surface area contributed by atoms with Gasteiger partial charge in [0.1, 0.15) is 12.0 Å². The maximum Gasteiger partial charge on any atom is 0.156 e. The maximum absolute atomic E-state index is 13.2. The van der Waals surface area contributed by atoms with Gasteiger partial charge in [0.25, 0.3) is 0 Å². The predicted octanol–water partition coefficient (Wildman–Crippen LogP) is 6.64. The molecular formula is C28H25Cl2NO3. The van der Waals surface area contributed by atoms with E-state index < -0.39 is 11.3 Å². The molecule has 0 aliphatic heterocycles. The average molecular weight is 494 g/mol. The maximum atomic E-state index is 13.2. The summed E-state index contributed by atoms with van der Waals surface area (Å²) in [5.74, 6) is 0.0752. The number of halogens is 2. The molecule has 0 heterocycles. The highest BCUT2D eigenvalue weighted by molar-refractivity contribution is 6.31. The van der Waals surface area contributed by atoms with Crippen LogP contribution >= 0.6 is 23.2 Å². The van der Waals surface area contributed by atoms with E-state index in [1.165, 1.54) is 0 Å². The van der Waals surface area contributed by atoms with Gasteiger partial charge >= 0.3 is 0 Å². The van der Waals surface area contributed by atoms with Crippen molar-refractivity contribution in [2.75, 3.05) is 12.3 Å². The van der Waals surface area contributed by atoms with Crippen molar-refractivity contribution < 1.29 is 14.3 Å². The zero-order valence-electron chi connectivity index (χ0n) is 18.8. The summed E-state index contributed by atoms with van der Waals surface area (Å²) in [5.41, 5.74) is 8.25. The number of hydrogen-bond donors (Lipinski definition) is 1. The summed E-state index contributed by atoms with van der Waals surface area (Å²) in [6.07, 6.45) is 3.46. The number of ether oxygens (including phenoxy) is 1. The van der Waals surface area contributed by atoms with Crippen LogP contribution in [0.25, 0.3) is 5.57 Å². The SMILES string of the molecule is CCCOc1cccc(C2=CC(=O)C[C@@H](c3cccc(Cl)c3)[C@@]2(C=O)c2ccc(Cl)cc2N)c1. The van der Waals surface area contributed by atoms with Crippen LogP contribution in [0.2, 0.25) is 10.0 Å². The first-order valence-corrected chi connectivity index (χ1v) is 11.9. The summed E-state index contributed by atoms with van der Waals surface area (Å²) < 4.78 is 5.83. The molecule has 6 heteroatoms. The van der Waals surface area contributed by atoms with Gasteiger partial charge in [-0.15, -0.1) is 0 Å². The highest BCUT2D eigenvalue weighted by atomic mass is 35.5. The van der Waals surface area contributed by atoms with Crippen LogP contribution in [0.3, 0.4) is 0 Å². The smallest absolute Gasteiger partial charge is 0.156 e. The Labute approximate surface area is 209 Å². The Morgan fingerprint density at radius 3 is 2.53 bits per heavy atom. The first kappa shape index (κ1) is 24.1. The number of nitrogen functional groups attached to an aromatic ring is 1. The van der Waals surface area contributed by atoms with E-state index >= 15 is 0 Å². The normalized spacial score (nSPS) is 20.0. The molecule has 0 spiro atoms. The van der Waals surface area contributed by atoms with Crippen LogP contribution in [0.1, 0.15) is 42.4 Å². The second kappa shape index (κ2) is 10.0. The molecule has 1 aliphatic rings. The molecule has 0 radical (unpaired) electrons. The van der Waals surface area contributed by atoms with Crippen LogP contribution in [0.4, 0.5) is 5.69 Å². The Morgan fingerprint density at radius 1 is 1.06 bits per heavy atom. The van der Waals surface area contributed by atoms with Gasteiger partial charge in [-0.05, 0) is 71.2 Å². The first-order chi connectivity index (χ1) is 16.4. The number of rotatable bonds is 7. The van der Waals surface area contributed by atoms with E-state index in [0.29, 0.717) is 39.2 Å². The molecule has 4 rings (SSSR count). The fourth-order valence-corrected chi connectivity index (χ4v) is 5.12. The third kappa shape index (κ3) is 4.48. The van der Waals surface area contributed by atoms with E-state index in [4.69, 9.17) is 33.7 Å². The second-order valence-corrected chi connectivity index (χ2v) is 9.30. The van der Waals surface area contributed by atoms with Crippen LogP contribution in [-0.4, -0.2) is 18.7 Å². The topological polar surface area (TPSA) is 69.4 Å². The number of hydrogen-bond acceptors (Lipinski definition) is 4. The van der Waals surface area contributed by atoms with Gasteiger partial charge in [0.15, 0.2) is 5.78 Å². The van der Waals surface area contributed by atoms with Gasteiger partial charge < -0.3 is 15.3 Å². The van der Waals surface area contributed by atoms with Crippen molar-refractivity contribution in [2.45, 2.75) is 31.1 Å². The summed E-state index contributed by atoms with van der Waals surface area (Å²) in [5, 5.41) is 0.994. The zero-order valence-corrected chi connectivity index (χ0v) is 20.3. The summed E-state index contributed by atoms with van der Waals surface area (Å²) in [6.45, 7) is 2.60. The summed E-state index contributed by atoms with van der Waals surface area (Å²) in [7, 11) is 0. The molecule has 0 unspecified atom stereocenters. The van der Waals surface area contributed by atoms with E-state index in [9.17, 15) is 9.59 Å². The second-order valence-electron chi connectivity index (χ2n) is 8.43. The molecule has 0 saturated heterocycles. The van der Waals surface area contributed by atoms with E-state index in [0.717, 1.165) is 23.8 Å². The summed E-state index contributed by atoms with van der Waals surface area (Å²) in [4.78, 5) is 26.3. The van der Waals surface area contributed by atoms with Crippen molar-refractivity contribution in [1.82, 2.24) is 0 Å². The Hall–Kier alpha value is -3.08. The van der Waals surface area contributed by atoms with Gasteiger partial charge in [0, 0.05) is 28.1 Å². The number of anilines is 1. The fourth-order valence-electron chi connectivity index (χ4n) is 4.74. The van der Waals surface area contributed by atoms with Crippen molar-refractivity contribution in [3.63, 3.8) is 0 Å². The largest absolute Gasteiger partial charge is 0.494 e. The van der Waals surface area contributed by atoms with E-state index in [2.05, 4.69) is 0 Å². The van der Waals surface area contributed by atoms with Gasteiger partial charge in [-0.3, -0.25) is 4.79 Å². The molecule has 1 aliphatic carbocycles. The zero-order chi connectivity index (χ0) is 24.3. The Bertz CT molecular complexity index is 1270. The minimum absolute atomic E-state index is 0.0788. The Balaban J connectivity index is 2.00. The van der Waals surface area contributed by atoms with Crippen LogP contribution in [-0.2, 0) is 15.0 Å². The van der Waals surface area contributed by atoms with Crippen LogP contribution < -0.4 is 10.5 Å². The fraction of sp³-hybridized carbons (Fsp3) is 0.214. The molecule has 2 atom stereocenters. The van der Waals surface area contributed by atoms with Crippen molar-refractivity contribution in [3.05, 3.63) is 99.5 Å². The molecule has 0 fully saturated rings. The van der Waals surface area contributed by atoms with Gasteiger partial charge in [0.05, 0.1) is 12.0 Å². The molecule has 3 aromatic rings. The van der Waals surface area contributed by atoms with Crippen LogP contribution in [0.5, 0.6) is 5.75 Å². The third-order valence-electron chi connectivity index (χ3n) is 6.22. The Morgan fingerprint density at radius 2 is 1.82 bits per heavy atom. The predicted molar refractivity (Wildman–Crippen MR) is 138 cm³/mol. The van der Waals surface area contributed by atoms with E-state index in [1.54, 1.807) is 36.4 Å². The number of ketones is 1. The highest BCUT2D eigenvalue weighted by Gasteiger charge is 2.49. The number of carbonyl (C=O) groups is 2. The average Bonchev–Trinajstić information content (AvgIpc) is 2.83. The monoisotopic (exact) mass is 493 g/mol. The van der Waals surface area contributed by atoms with Crippen molar-refractivity contribution in [3.8, 4) is 5.75 Å². The standard InChI is InChI=1S/C28H25Cl2NO3/c1-2-11-34-23-8-4-6-19(13-23)26-16-22(33)15-25(18-5-3-7-20(29)12-18)28(26,17-32)24-10-9-21(30)14-27(24)31/h3-10,12-14,16-17,25H,2,11,15,31H2,1H3/t25-,28+/m0/s1. The van der Waals surface area contributed by atoms with Crippen molar-refractivity contribution in [1.29, 1.82) is 0 Å². The lowest BCUT2D eigenvalue weighted by Gasteiger charge is -2.42. The molecular weight excluding hydrogens is 469 g/mol. The minimum Gasteiger partial charge on any atom is -0.494 e. The molecule has 0 amide bonds. The molecule has 2 N–H and O–H groups in total. The van der Waals surface area contributed by atoms with Gasteiger partial charge in [-0.2, -0.15) is 0 Å². The lowest BCUT2D eigenvalue weighted by molar-refractivity contribution is -0.116. The molecule has 0 aromatic heterocycles. The first-order valence-electron chi connectivity index (χ1n) is 11.1. The molecule has 0 saturated carbocycles. The molecule has 3 aromatic carbocycles. The number of allylic oxidation sites excluding steroid dienone is 2. The molecule has 0 bridgehead atoms. The van der Waals surface area contributed by atoms with Crippen molar-refractivity contribution >= 4 is 46.5 Å². The van der Waals surface area contributed by atoms with E-state index in [-0.39, 0.29) is 12.2 Å².